The van der Waals surface area contributed by atoms with E-state index in [0.29, 0.717) is 37.0 Å². The van der Waals surface area contributed by atoms with Crippen molar-refractivity contribution >= 4 is 17.5 Å². The number of Topliss-reactive ketones (excluding diaryl/α,β-unsaturated/α-hetero) is 1. The smallest absolute Gasteiger partial charge is 0.306 e. The number of rotatable bonds is 6. The van der Waals surface area contributed by atoms with Crippen molar-refractivity contribution in [3.8, 4) is 0 Å². The summed E-state index contributed by atoms with van der Waals surface area (Å²) in [7, 11) is 0. The molecular weight excluding hydrogens is 388 g/mol. The first-order valence-corrected chi connectivity index (χ1v) is 12.6. The van der Waals surface area contributed by atoms with E-state index < -0.39 is 5.60 Å². The van der Waals surface area contributed by atoms with Gasteiger partial charge in [0.1, 0.15) is 0 Å². The quantitative estimate of drug-likeness (QED) is 0.386. The van der Waals surface area contributed by atoms with Crippen LogP contribution in [0.3, 0.4) is 0 Å². The zero-order valence-electron chi connectivity index (χ0n) is 19.9. The van der Waals surface area contributed by atoms with E-state index in [2.05, 4.69) is 20.8 Å². The van der Waals surface area contributed by atoms with E-state index in [1.165, 1.54) is 5.57 Å². The molecule has 0 radical (unpaired) electrons. The first kappa shape index (κ1) is 22.7. The average Bonchev–Trinajstić information content (AvgIpc) is 3.02. The van der Waals surface area contributed by atoms with Gasteiger partial charge in [-0.1, -0.05) is 39.2 Å². The Kier molecular flexibility index (Phi) is 5.98. The Morgan fingerprint density at radius 3 is 2.48 bits per heavy atom. The Bertz CT molecular complexity index is 797. The Balaban J connectivity index is 1.59. The molecule has 0 bridgehead atoms. The molecule has 0 aromatic heterocycles. The molecule has 3 fully saturated rings. The number of unbranched alkanes of at least 4 members (excludes halogenated alkanes) is 2. The molecule has 0 aromatic rings. The highest BCUT2D eigenvalue weighted by Crippen LogP contribution is 2.68. The molecule has 3 saturated carbocycles. The number of ether oxygens (including phenoxy) is 1. The zero-order valence-corrected chi connectivity index (χ0v) is 19.9. The van der Waals surface area contributed by atoms with Crippen LogP contribution in [0.5, 0.6) is 0 Å². The third-order valence-corrected chi connectivity index (χ3v) is 9.92. The number of allylic oxidation sites excluding steroid dienone is 1. The van der Waals surface area contributed by atoms with Crippen LogP contribution in [0.1, 0.15) is 105 Å². The van der Waals surface area contributed by atoms with Crippen LogP contribution in [0.2, 0.25) is 0 Å². The van der Waals surface area contributed by atoms with Crippen LogP contribution in [0.25, 0.3) is 0 Å². The molecule has 4 rings (SSSR count). The molecule has 0 N–H and O–H groups in total. The maximum absolute atomic E-state index is 13.1. The lowest BCUT2D eigenvalue weighted by Crippen LogP contribution is -2.58. The fourth-order valence-corrected chi connectivity index (χ4v) is 8.14. The largest absolute Gasteiger partial charge is 0.450 e. The van der Waals surface area contributed by atoms with E-state index in [4.69, 9.17) is 4.74 Å². The minimum Gasteiger partial charge on any atom is -0.450 e. The first-order chi connectivity index (χ1) is 14.7. The third kappa shape index (κ3) is 3.43. The molecule has 0 amide bonds. The van der Waals surface area contributed by atoms with E-state index in [9.17, 15) is 14.4 Å². The van der Waals surface area contributed by atoms with Crippen molar-refractivity contribution in [1.82, 2.24) is 0 Å². The summed E-state index contributed by atoms with van der Waals surface area (Å²) in [5.41, 5.74) is 0.261. The maximum Gasteiger partial charge on any atom is 0.306 e. The van der Waals surface area contributed by atoms with Gasteiger partial charge in [0.25, 0.3) is 0 Å². The molecule has 4 heteroatoms. The van der Waals surface area contributed by atoms with Crippen molar-refractivity contribution in [1.29, 1.82) is 0 Å². The second kappa shape index (κ2) is 8.15. The van der Waals surface area contributed by atoms with Gasteiger partial charge in [-0.25, -0.2) is 0 Å². The number of fused-ring (bicyclic) bond motifs is 5. The summed E-state index contributed by atoms with van der Waals surface area (Å²) < 4.78 is 6.16. The number of hydrogen-bond acceptors (Lipinski definition) is 4. The summed E-state index contributed by atoms with van der Waals surface area (Å²) in [6, 6.07) is 0. The molecule has 0 aromatic carbocycles. The highest BCUT2D eigenvalue weighted by atomic mass is 16.6. The third-order valence-electron chi connectivity index (χ3n) is 9.92. The van der Waals surface area contributed by atoms with Gasteiger partial charge in [-0.05, 0) is 87.5 Å². The van der Waals surface area contributed by atoms with Crippen molar-refractivity contribution in [2.45, 2.75) is 110 Å². The fourth-order valence-electron chi connectivity index (χ4n) is 8.14. The van der Waals surface area contributed by atoms with Gasteiger partial charge in [0.2, 0.25) is 0 Å². The Labute approximate surface area is 187 Å². The predicted molar refractivity (Wildman–Crippen MR) is 120 cm³/mol. The molecule has 0 spiro atoms. The van der Waals surface area contributed by atoms with Crippen LogP contribution < -0.4 is 0 Å². The Morgan fingerprint density at radius 1 is 1.03 bits per heavy atom. The molecule has 0 saturated heterocycles. The van der Waals surface area contributed by atoms with Gasteiger partial charge in [0.15, 0.2) is 17.2 Å². The van der Waals surface area contributed by atoms with Gasteiger partial charge in [-0.3, -0.25) is 14.4 Å². The summed E-state index contributed by atoms with van der Waals surface area (Å²) in [5, 5.41) is 0. The number of ketones is 2. The summed E-state index contributed by atoms with van der Waals surface area (Å²) in [6.45, 7) is 8.37. The van der Waals surface area contributed by atoms with Gasteiger partial charge >= 0.3 is 5.97 Å². The molecule has 31 heavy (non-hydrogen) atoms. The van der Waals surface area contributed by atoms with E-state index in [1.807, 2.05) is 6.08 Å². The number of carbonyl (C=O) groups is 3. The standard InChI is InChI=1S/C27H40O4/c1-5-6-7-8-24(30)31-27(18(2)28)16-13-23-21-10-9-19-17-20(29)11-14-25(19,3)22(21)12-15-26(23,27)4/h17,21-23H,5-16H2,1-4H3/t21?,22-,23-,25-,26-,27-/m0/s1. The predicted octanol–water partition coefficient (Wildman–Crippen LogP) is 5.97. The lowest BCUT2D eigenvalue weighted by atomic mass is 9.46. The van der Waals surface area contributed by atoms with Gasteiger partial charge in [-0.2, -0.15) is 0 Å². The molecule has 0 aliphatic heterocycles. The molecule has 4 aliphatic rings. The van der Waals surface area contributed by atoms with E-state index >= 15 is 0 Å². The van der Waals surface area contributed by atoms with Crippen LogP contribution in [-0.4, -0.2) is 23.1 Å². The fraction of sp³-hybridized carbons (Fsp3) is 0.815. The van der Waals surface area contributed by atoms with Gasteiger partial charge in [0, 0.05) is 18.3 Å². The second-order valence-corrected chi connectivity index (χ2v) is 11.3. The van der Waals surface area contributed by atoms with Crippen LogP contribution in [0, 0.1) is 28.6 Å². The lowest BCUT2D eigenvalue weighted by molar-refractivity contribution is -0.189. The highest BCUT2D eigenvalue weighted by Gasteiger charge is 2.67. The first-order valence-electron chi connectivity index (χ1n) is 12.6. The molecule has 1 unspecified atom stereocenters. The van der Waals surface area contributed by atoms with Crippen molar-refractivity contribution in [2.75, 3.05) is 0 Å². The summed E-state index contributed by atoms with van der Waals surface area (Å²) in [5.74, 6) is 1.66. The van der Waals surface area contributed by atoms with Crippen LogP contribution in [0.4, 0.5) is 0 Å². The molecule has 6 atom stereocenters. The monoisotopic (exact) mass is 428 g/mol. The molecule has 0 heterocycles. The summed E-state index contributed by atoms with van der Waals surface area (Å²) >= 11 is 0. The normalized spacial score (nSPS) is 41.6. The van der Waals surface area contributed by atoms with Gasteiger partial charge in [0.05, 0.1) is 0 Å². The minimum atomic E-state index is -0.953. The van der Waals surface area contributed by atoms with E-state index in [-0.39, 0.29) is 28.4 Å². The SMILES string of the molecule is CCCCCC(=O)O[C@]1(C(C)=O)CC[C@H]2C3CCC4=CC(=O)CC[C@]4(C)[C@H]3CC[C@@]21C. The van der Waals surface area contributed by atoms with Gasteiger partial charge in [-0.15, -0.1) is 0 Å². The summed E-state index contributed by atoms with van der Waals surface area (Å²) in [4.78, 5) is 37.8. The van der Waals surface area contributed by atoms with Crippen molar-refractivity contribution in [2.24, 2.45) is 28.6 Å². The molecule has 172 valence electrons. The minimum absolute atomic E-state index is 0.0330. The number of hydrogen-bond donors (Lipinski definition) is 0. The topological polar surface area (TPSA) is 60.4 Å². The Hall–Kier alpha value is -1.45. The van der Waals surface area contributed by atoms with Crippen LogP contribution >= 0.6 is 0 Å². The second-order valence-electron chi connectivity index (χ2n) is 11.3. The number of esters is 1. The van der Waals surface area contributed by atoms with E-state index in [1.54, 1.807) is 6.92 Å². The molecule has 4 aliphatic carbocycles. The number of carbonyl (C=O) groups excluding carboxylic acids is 3. The van der Waals surface area contributed by atoms with Crippen LogP contribution in [0.15, 0.2) is 11.6 Å². The summed E-state index contributed by atoms with van der Waals surface area (Å²) in [6.07, 6.45) is 12.6. The maximum atomic E-state index is 13.1. The average molecular weight is 429 g/mol. The molecular formula is C27H40O4. The van der Waals surface area contributed by atoms with E-state index in [0.717, 1.165) is 57.8 Å². The van der Waals surface area contributed by atoms with Gasteiger partial charge < -0.3 is 4.74 Å². The van der Waals surface area contributed by atoms with Crippen molar-refractivity contribution < 1.29 is 19.1 Å². The van der Waals surface area contributed by atoms with Crippen molar-refractivity contribution in [3.05, 3.63) is 11.6 Å². The Morgan fingerprint density at radius 2 is 1.77 bits per heavy atom. The van der Waals surface area contributed by atoms with Crippen LogP contribution in [-0.2, 0) is 19.1 Å². The van der Waals surface area contributed by atoms with Crippen molar-refractivity contribution in [3.63, 3.8) is 0 Å². The zero-order chi connectivity index (χ0) is 22.4. The molecule has 4 nitrogen and oxygen atoms in total. The highest BCUT2D eigenvalue weighted by molar-refractivity contribution is 5.91. The lowest BCUT2D eigenvalue weighted by Gasteiger charge is -2.59.